The summed E-state index contributed by atoms with van der Waals surface area (Å²) in [6.07, 6.45) is 4.21. The maximum absolute atomic E-state index is 13.6. The molecule has 1 aliphatic heterocycles. The van der Waals surface area contributed by atoms with Gasteiger partial charge in [0.2, 0.25) is 11.8 Å². The van der Waals surface area contributed by atoms with Crippen LogP contribution in [0.25, 0.3) is 6.08 Å². The van der Waals surface area contributed by atoms with Crippen molar-refractivity contribution in [2.75, 3.05) is 33.4 Å². The molecule has 2 amide bonds. The number of thiophene rings is 1. The Morgan fingerprint density at radius 1 is 1.18 bits per heavy atom. The Labute approximate surface area is 224 Å². The lowest BCUT2D eigenvalue weighted by molar-refractivity contribution is -0.384. The first kappa shape index (κ1) is 27.2. The average Bonchev–Trinajstić information content (AvgIpc) is 3.40. The molecule has 1 unspecified atom stereocenters. The molecule has 0 saturated heterocycles. The fraction of sp³-hybridized carbons (Fsp3) is 0.286. The number of nitro benzene ring substituents is 1. The molecule has 1 aliphatic rings. The number of nitro groups is 1. The van der Waals surface area contributed by atoms with Crippen LogP contribution < -0.4 is 0 Å². The zero-order chi connectivity index (χ0) is 27.1. The van der Waals surface area contributed by atoms with Crippen molar-refractivity contribution < 1.29 is 23.6 Å². The molecule has 2 heterocycles. The molecule has 1 aromatic heterocycles. The zero-order valence-electron chi connectivity index (χ0n) is 20.9. The summed E-state index contributed by atoms with van der Waals surface area (Å²) in [5.41, 5.74) is 2.43. The highest BCUT2D eigenvalue weighted by Gasteiger charge is 2.33. The third-order valence-corrected chi connectivity index (χ3v) is 7.41. The van der Waals surface area contributed by atoms with E-state index in [0.717, 1.165) is 11.1 Å². The van der Waals surface area contributed by atoms with E-state index in [2.05, 4.69) is 0 Å². The second-order valence-corrected chi connectivity index (χ2v) is 9.88. The molecule has 0 aliphatic carbocycles. The van der Waals surface area contributed by atoms with E-state index < -0.39 is 4.92 Å². The summed E-state index contributed by atoms with van der Waals surface area (Å²) in [6, 6.07) is 13.7. The van der Waals surface area contributed by atoms with Crippen molar-refractivity contribution in [1.82, 2.24) is 9.80 Å². The fourth-order valence-electron chi connectivity index (χ4n) is 4.49. The molecule has 198 valence electrons. The number of halogens is 1. The summed E-state index contributed by atoms with van der Waals surface area (Å²) in [7, 11) is 1.57. The lowest BCUT2D eigenvalue weighted by Crippen LogP contribution is -2.46. The Hall–Kier alpha value is -3.89. The number of hydrogen-bond donors (Lipinski definition) is 0. The van der Waals surface area contributed by atoms with Crippen molar-refractivity contribution in [2.24, 2.45) is 0 Å². The summed E-state index contributed by atoms with van der Waals surface area (Å²) in [4.78, 5) is 41.6. The monoisotopic (exact) mass is 537 g/mol. The lowest BCUT2D eigenvalue weighted by atomic mass is 9.93. The van der Waals surface area contributed by atoms with E-state index in [0.29, 0.717) is 38.1 Å². The minimum absolute atomic E-state index is 0.0358. The van der Waals surface area contributed by atoms with E-state index in [4.69, 9.17) is 4.74 Å². The normalized spacial score (nSPS) is 14.9. The number of carbonyl (C=O) groups excluding carboxylic acids is 2. The minimum atomic E-state index is -0.485. The topological polar surface area (TPSA) is 93.0 Å². The summed E-state index contributed by atoms with van der Waals surface area (Å²) in [5.74, 6) is -0.896. The summed E-state index contributed by atoms with van der Waals surface area (Å²) in [5, 5.41) is 12.9. The number of benzene rings is 2. The number of amides is 2. The van der Waals surface area contributed by atoms with E-state index >= 15 is 0 Å². The van der Waals surface area contributed by atoms with E-state index in [1.165, 1.54) is 40.1 Å². The standard InChI is InChI=1S/C28H28FN3O5S/c1-37-17-2-15-30(26(33)12-5-20-3-10-23(11-4-20)32(35)36)19-27(34)31-16-13-25-24(14-18-38-25)28(31)21-6-8-22(29)9-7-21/h3-12,14,18,28H,2,13,15-17,19H2,1H3/b12-5+. The molecule has 8 nitrogen and oxygen atoms in total. The van der Waals surface area contributed by atoms with E-state index in [1.807, 2.05) is 11.4 Å². The van der Waals surface area contributed by atoms with Crippen molar-refractivity contribution in [2.45, 2.75) is 18.9 Å². The van der Waals surface area contributed by atoms with Crippen molar-refractivity contribution in [1.29, 1.82) is 0 Å². The Morgan fingerprint density at radius 3 is 2.61 bits per heavy atom. The van der Waals surface area contributed by atoms with Crippen molar-refractivity contribution in [3.05, 3.63) is 104 Å². The van der Waals surface area contributed by atoms with Crippen LogP contribution in [0.4, 0.5) is 10.1 Å². The second-order valence-electron chi connectivity index (χ2n) is 8.88. The van der Waals surface area contributed by atoms with Crippen LogP contribution >= 0.6 is 11.3 Å². The third-order valence-electron chi connectivity index (χ3n) is 6.41. The highest BCUT2D eigenvalue weighted by molar-refractivity contribution is 7.10. The lowest BCUT2D eigenvalue weighted by Gasteiger charge is -2.37. The molecule has 0 fully saturated rings. The molecule has 38 heavy (non-hydrogen) atoms. The number of non-ortho nitro benzene ring substituents is 1. The van der Waals surface area contributed by atoms with Gasteiger partial charge >= 0.3 is 0 Å². The smallest absolute Gasteiger partial charge is 0.269 e. The number of carbonyl (C=O) groups is 2. The maximum Gasteiger partial charge on any atom is 0.269 e. The van der Waals surface area contributed by atoms with Crippen LogP contribution in [-0.4, -0.2) is 59.9 Å². The molecule has 10 heteroatoms. The first-order valence-corrected chi connectivity index (χ1v) is 13.1. The van der Waals surface area contributed by atoms with Gasteiger partial charge in [0, 0.05) is 49.9 Å². The van der Waals surface area contributed by atoms with Gasteiger partial charge in [-0.3, -0.25) is 19.7 Å². The van der Waals surface area contributed by atoms with Crippen LogP contribution in [0.5, 0.6) is 0 Å². The molecule has 0 spiro atoms. The molecule has 0 N–H and O–H groups in total. The summed E-state index contributed by atoms with van der Waals surface area (Å²) in [6.45, 7) is 1.13. The SMILES string of the molecule is COCCCN(CC(=O)N1CCc2sccc2C1c1ccc(F)cc1)C(=O)/C=C/c1ccc([N+](=O)[O-])cc1. The number of ether oxygens (including phenoxy) is 1. The van der Waals surface area contributed by atoms with Gasteiger partial charge in [-0.2, -0.15) is 0 Å². The average molecular weight is 538 g/mol. The van der Waals surface area contributed by atoms with E-state index in [-0.39, 0.29) is 35.9 Å². The van der Waals surface area contributed by atoms with E-state index in [9.17, 15) is 24.1 Å². The maximum atomic E-state index is 13.6. The molecular weight excluding hydrogens is 509 g/mol. The minimum Gasteiger partial charge on any atom is -0.385 e. The fourth-order valence-corrected chi connectivity index (χ4v) is 5.39. The van der Waals surface area contributed by atoms with Gasteiger partial charge in [-0.1, -0.05) is 12.1 Å². The molecule has 0 bridgehead atoms. The van der Waals surface area contributed by atoms with Gasteiger partial charge in [-0.05, 0) is 71.3 Å². The molecule has 0 saturated carbocycles. The Balaban J connectivity index is 1.53. The van der Waals surface area contributed by atoms with Crippen molar-refractivity contribution >= 4 is 34.9 Å². The predicted molar refractivity (Wildman–Crippen MR) is 143 cm³/mol. The number of methoxy groups -OCH3 is 1. The van der Waals surface area contributed by atoms with Gasteiger partial charge < -0.3 is 14.5 Å². The molecule has 2 aromatic carbocycles. The first-order chi connectivity index (χ1) is 18.4. The van der Waals surface area contributed by atoms with Crippen LogP contribution in [0.15, 0.2) is 66.1 Å². The van der Waals surface area contributed by atoms with Crippen LogP contribution in [0, 0.1) is 15.9 Å². The molecule has 4 rings (SSSR count). The van der Waals surface area contributed by atoms with Gasteiger partial charge in [-0.15, -0.1) is 11.3 Å². The zero-order valence-corrected chi connectivity index (χ0v) is 21.7. The predicted octanol–water partition coefficient (Wildman–Crippen LogP) is 4.85. The van der Waals surface area contributed by atoms with Crippen molar-refractivity contribution in [3.63, 3.8) is 0 Å². The molecular formula is C28H28FN3O5S. The number of rotatable bonds is 10. The highest BCUT2D eigenvalue weighted by atomic mass is 32.1. The third kappa shape index (κ3) is 6.51. The number of nitrogens with zero attached hydrogens (tertiary/aromatic N) is 3. The highest BCUT2D eigenvalue weighted by Crippen LogP contribution is 2.38. The van der Waals surface area contributed by atoms with Gasteiger partial charge in [0.25, 0.3) is 5.69 Å². The van der Waals surface area contributed by atoms with Gasteiger partial charge in [0.05, 0.1) is 11.0 Å². The number of fused-ring (bicyclic) bond motifs is 1. The quantitative estimate of drug-likeness (QED) is 0.160. The van der Waals surface area contributed by atoms with Crippen LogP contribution in [0.2, 0.25) is 0 Å². The molecule has 0 radical (unpaired) electrons. The Morgan fingerprint density at radius 2 is 1.92 bits per heavy atom. The Kier molecular flexibility index (Phi) is 8.98. The molecule has 1 atom stereocenters. The van der Waals surface area contributed by atoms with Gasteiger partial charge in [0.1, 0.15) is 12.4 Å². The van der Waals surface area contributed by atoms with Crippen LogP contribution in [-0.2, 0) is 20.7 Å². The number of hydrogen-bond acceptors (Lipinski definition) is 6. The van der Waals surface area contributed by atoms with Crippen molar-refractivity contribution in [3.8, 4) is 0 Å². The van der Waals surface area contributed by atoms with Crippen LogP contribution in [0.1, 0.15) is 34.0 Å². The largest absolute Gasteiger partial charge is 0.385 e. The van der Waals surface area contributed by atoms with Gasteiger partial charge in [0.15, 0.2) is 0 Å². The summed E-state index contributed by atoms with van der Waals surface area (Å²) < 4.78 is 18.8. The van der Waals surface area contributed by atoms with Gasteiger partial charge in [-0.25, -0.2) is 4.39 Å². The Bertz CT molecular complexity index is 1310. The first-order valence-electron chi connectivity index (χ1n) is 12.2. The van der Waals surface area contributed by atoms with E-state index in [1.54, 1.807) is 53.7 Å². The molecule has 3 aromatic rings. The summed E-state index contributed by atoms with van der Waals surface area (Å²) >= 11 is 1.64. The second kappa shape index (κ2) is 12.6. The van der Waals surface area contributed by atoms with Crippen LogP contribution in [0.3, 0.4) is 0 Å².